The summed E-state index contributed by atoms with van der Waals surface area (Å²) in [5, 5.41) is 49.5. The molecule has 23 heteroatoms. The van der Waals surface area contributed by atoms with E-state index in [9.17, 15) is 63.3 Å². The number of carboxylic acid groups (broad SMARTS) is 4. The highest BCUT2D eigenvalue weighted by Gasteiger charge is 2.26. The van der Waals surface area contributed by atoms with E-state index < -0.39 is 84.9 Å². The summed E-state index contributed by atoms with van der Waals surface area (Å²) in [6.07, 6.45) is 12.4. The van der Waals surface area contributed by atoms with Crippen LogP contribution in [0.4, 0.5) is 0 Å². The third-order valence-electron chi connectivity index (χ3n) is 10.9. The SMILES string of the molecule is CC(C)C(=O)COCCOCCNC(=O)COCCOCCNC(=O)CC[C@H](NC(=O)CC[C@H](NC(=O)CC[C@H](NC(=O)CCCCCCCCCCCCCCCCC(=O)O)C(=O)O)C(=O)O)C(=O)O. The van der Waals surface area contributed by atoms with Gasteiger partial charge in [0.15, 0.2) is 5.78 Å². The third-order valence-corrected chi connectivity index (χ3v) is 10.9. The molecular weight excluding hydrogens is 935 g/mol. The number of Topliss-reactive ketones (excluding diaryl/α,β-unsaturated/α-hetero) is 1. The monoisotopic (exact) mass is 1020 g/mol. The first-order chi connectivity index (χ1) is 33.9. The van der Waals surface area contributed by atoms with Gasteiger partial charge in [-0.15, -0.1) is 0 Å². The van der Waals surface area contributed by atoms with Crippen LogP contribution in [0.3, 0.4) is 0 Å². The van der Waals surface area contributed by atoms with Gasteiger partial charge in [-0.1, -0.05) is 90.9 Å². The average molecular weight is 1020 g/mol. The number of nitrogens with one attached hydrogen (secondary N) is 5. The van der Waals surface area contributed by atoms with E-state index in [2.05, 4.69) is 26.6 Å². The molecule has 0 unspecified atom stereocenters. The van der Waals surface area contributed by atoms with E-state index in [-0.39, 0.29) is 116 Å². The zero-order chi connectivity index (χ0) is 53.1. The molecule has 0 spiro atoms. The Balaban J connectivity index is 4.23. The molecule has 71 heavy (non-hydrogen) atoms. The van der Waals surface area contributed by atoms with Crippen LogP contribution in [0.25, 0.3) is 0 Å². The minimum atomic E-state index is -1.56. The van der Waals surface area contributed by atoms with E-state index in [1.165, 1.54) is 25.7 Å². The molecule has 0 rings (SSSR count). The maximum Gasteiger partial charge on any atom is 0.326 e. The molecule has 0 radical (unpaired) electrons. The minimum Gasteiger partial charge on any atom is -0.481 e. The second-order valence-electron chi connectivity index (χ2n) is 17.5. The number of hydrogen-bond acceptors (Lipinski definition) is 14. The lowest BCUT2D eigenvalue weighted by Gasteiger charge is -2.18. The normalized spacial score (nSPS) is 12.3. The van der Waals surface area contributed by atoms with Gasteiger partial charge < -0.3 is 66.0 Å². The molecule has 0 fully saturated rings. The number of rotatable bonds is 49. The van der Waals surface area contributed by atoms with Crippen LogP contribution in [0.2, 0.25) is 0 Å². The fourth-order valence-electron chi connectivity index (χ4n) is 6.69. The first-order valence-corrected chi connectivity index (χ1v) is 25.1. The molecule has 0 bridgehead atoms. The standard InChI is InChI=1S/C48H83N5O18/c1-35(2)39(54)33-70-31-29-69-28-26-50-44(59)34-71-32-30-68-27-25-49-40(55)22-19-36(46(62)63)52-42(57)24-21-38(48(66)67)53-43(58)23-20-37(47(64)65)51-41(56)17-15-13-11-9-7-5-3-4-6-8-10-12-14-16-18-45(60)61/h35-38H,3-34H2,1-2H3,(H,49,55)(H,50,59)(H,51,56)(H,52,57)(H,53,58)(H,60,61)(H,62,63)(H,64,65)(H,66,67)/t36-,37-,38-/m0/s1. The topological polar surface area (TPSA) is 349 Å². The van der Waals surface area contributed by atoms with Crippen molar-refractivity contribution in [2.45, 2.75) is 173 Å². The molecule has 0 aromatic heterocycles. The molecule has 0 aliphatic rings. The highest BCUT2D eigenvalue weighted by atomic mass is 16.5. The molecule has 0 saturated carbocycles. The van der Waals surface area contributed by atoms with Crippen molar-refractivity contribution in [3.8, 4) is 0 Å². The van der Waals surface area contributed by atoms with Gasteiger partial charge in [0.2, 0.25) is 29.5 Å². The first-order valence-electron chi connectivity index (χ1n) is 25.1. The number of ketones is 1. The van der Waals surface area contributed by atoms with Crippen molar-refractivity contribution in [3.05, 3.63) is 0 Å². The Morgan fingerprint density at radius 2 is 0.690 bits per heavy atom. The Bertz CT molecular complexity index is 1580. The Labute approximate surface area is 417 Å². The van der Waals surface area contributed by atoms with E-state index in [4.69, 9.17) is 24.1 Å². The van der Waals surface area contributed by atoms with Crippen LogP contribution in [-0.4, -0.2) is 164 Å². The molecule has 408 valence electrons. The Kier molecular flexibility index (Phi) is 40.3. The molecule has 0 aliphatic carbocycles. The number of carbonyl (C=O) groups excluding carboxylic acids is 6. The fraction of sp³-hybridized carbons (Fsp3) is 0.792. The van der Waals surface area contributed by atoms with Crippen molar-refractivity contribution in [3.63, 3.8) is 0 Å². The van der Waals surface area contributed by atoms with E-state index in [0.29, 0.717) is 6.42 Å². The van der Waals surface area contributed by atoms with Crippen molar-refractivity contribution < 1.29 is 87.3 Å². The largest absolute Gasteiger partial charge is 0.481 e. The number of aliphatic carboxylic acids is 4. The number of hydrogen-bond donors (Lipinski definition) is 9. The summed E-state index contributed by atoms with van der Waals surface area (Å²) in [7, 11) is 0. The molecule has 23 nitrogen and oxygen atoms in total. The van der Waals surface area contributed by atoms with Crippen LogP contribution < -0.4 is 26.6 Å². The maximum atomic E-state index is 12.6. The lowest BCUT2D eigenvalue weighted by atomic mass is 10.0. The Morgan fingerprint density at radius 1 is 0.366 bits per heavy atom. The van der Waals surface area contributed by atoms with Crippen molar-refractivity contribution >= 4 is 59.2 Å². The second-order valence-corrected chi connectivity index (χ2v) is 17.5. The highest BCUT2D eigenvalue weighted by molar-refractivity contribution is 5.87. The van der Waals surface area contributed by atoms with Gasteiger partial charge >= 0.3 is 23.9 Å². The summed E-state index contributed by atoms with van der Waals surface area (Å²) in [6, 6.07) is -4.42. The third kappa shape index (κ3) is 41.1. The molecule has 0 aliphatic heterocycles. The maximum absolute atomic E-state index is 12.6. The number of unbranched alkanes of at least 4 members (excludes halogenated alkanes) is 13. The average Bonchev–Trinajstić information content (AvgIpc) is 3.31. The van der Waals surface area contributed by atoms with Gasteiger partial charge in [-0.05, 0) is 32.1 Å². The van der Waals surface area contributed by atoms with Crippen molar-refractivity contribution in [2.24, 2.45) is 5.92 Å². The van der Waals surface area contributed by atoms with Gasteiger partial charge in [0.1, 0.15) is 31.3 Å². The minimum absolute atomic E-state index is 0.00825. The van der Waals surface area contributed by atoms with Crippen LogP contribution in [0.5, 0.6) is 0 Å². The number of amides is 5. The van der Waals surface area contributed by atoms with E-state index in [0.717, 1.165) is 57.8 Å². The summed E-state index contributed by atoms with van der Waals surface area (Å²) in [5.74, 6) is -8.11. The molecule has 5 amide bonds. The van der Waals surface area contributed by atoms with Crippen molar-refractivity contribution in [1.82, 2.24) is 26.6 Å². The number of ether oxygens (including phenoxy) is 4. The van der Waals surface area contributed by atoms with Gasteiger partial charge in [-0.3, -0.25) is 33.6 Å². The van der Waals surface area contributed by atoms with Crippen LogP contribution in [0.1, 0.15) is 155 Å². The molecule has 9 N–H and O–H groups in total. The fourth-order valence-corrected chi connectivity index (χ4v) is 6.69. The first kappa shape index (κ1) is 65.7. The Hall–Kier alpha value is -5.26. The van der Waals surface area contributed by atoms with E-state index in [1.807, 2.05) is 0 Å². The molecular formula is C48H83N5O18. The lowest BCUT2D eigenvalue weighted by Crippen LogP contribution is -2.45. The molecule has 0 saturated heterocycles. The van der Waals surface area contributed by atoms with Crippen LogP contribution >= 0.6 is 0 Å². The molecule has 0 heterocycles. The summed E-state index contributed by atoms with van der Waals surface area (Å²) >= 11 is 0. The number of carbonyl (C=O) groups is 10. The quantitative estimate of drug-likeness (QED) is 0.0396. The summed E-state index contributed by atoms with van der Waals surface area (Å²) in [5.41, 5.74) is 0. The second kappa shape index (κ2) is 43.5. The van der Waals surface area contributed by atoms with Crippen molar-refractivity contribution in [2.75, 3.05) is 65.9 Å². The van der Waals surface area contributed by atoms with E-state index in [1.54, 1.807) is 13.8 Å². The summed E-state index contributed by atoms with van der Waals surface area (Å²) in [6.45, 7) is 4.89. The van der Waals surface area contributed by atoms with Gasteiger partial charge in [0.05, 0.1) is 39.6 Å². The van der Waals surface area contributed by atoms with Gasteiger partial charge in [-0.2, -0.15) is 0 Å². The zero-order valence-electron chi connectivity index (χ0n) is 41.9. The molecule has 0 aromatic carbocycles. The molecule has 3 atom stereocenters. The van der Waals surface area contributed by atoms with Gasteiger partial charge in [0, 0.05) is 51.1 Å². The van der Waals surface area contributed by atoms with Crippen LogP contribution in [0.15, 0.2) is 0 Å². The highest BCUT2D eigenvalue weighted by Crippen LogP contribution is 2.14. The lowest BCUT2D eigenvalue weighted by molar-refractivity contribution is -0.144. The molecule has 0 aromatic rings. The van der Waals surface area contributed by atoms with Gasteiger partial charge in [0.25, 0.3) is 0 Å². The Morgan fingerprint density at radius 3 is 1.07 bits per heavy atom. The predicted octanol–water partition coefficient (Wildman–Crippen LogP) is 2.89. The smallest absolute Gasteiger partial charge is 0.326 e. The van der Waals surface area contributed by atoms with E-state index >= 15 is 0 Å². The van der Waals surface area contributed by atoms with Crippen molar-refractivity contribution in [1.29, 1.82) is 0 Å². The van der Waals surface area contributed by atoms with Crippen LogP contribution in [-0.2, 0) is 66.9 Å². The zero-order valence-corrected chi connectivity index (χ0v) is 41.9. The summed E-state index contributed by atoms with van der Waals surface area (Å²) in [4.78, 5) is 119. The summed E-state index contributed by atoms with van der Waals surface area (Å²) < 4.78 is 21.1. The van der Waals surface area contributed by atoms with Gasteiger partial charge in [-0.25, -0.2) is 14.4 Å². The van der Waals surface area contributed by atoms with Crippen LogP contribution in [0, 0.1) is 5.92 Å². The predicted molar refractivity (Wildman–Crippen MR) is 257 cm³/mol. The number of carboxylic acids is 4.